The molecule has 110 valence electrons. The molecule has 20 heavy (non-hydrogen) atoms. The quantitative estimate of drug-likeness (QED) is 0.905. The van der Waals surface area contributed by atoms with E-state index in [1.807, 2.05) is 20.8 Å². The summed E-state index contributed by atoms with van der Waals surface area (Å²) in [4.78, 5) is 31.8. The Labute approximate surface area is 123 Å². The van der Waals surface area contributed by atoms with Gasteiger partial charge in [0, 0.05) is 11.1 Å². The average molecular weight is 295 g/mol. The molecule has 0 aromatic carbocycles. The largest absolute Gasteiger partial charge is 0.340 e. The maximum atomic E-state index is 12.7. The van der Waals surface area contributed by atoms with E-state index >= 15 is 0 Å². The van der Waals surface area contributed by atoms with Crippen molar-refractivity contribution in [3.05, 3.63) is 16.6 Å². The molecule has 1 aromatic rings. The van der Waals surface area contributed by atoms with Gasteiger partial charge in [0.15, 0.2) is 0 Å². The number of carbonyl (C=O) groups excluding carboxylic acids is 2. The van der Waals surface area contributed by atoms with Gasteiger partial charge in [0.05, 0.1) is 12.1 Å². The maximum absolute atomic E-state index is 12.7. The lowest BCUT2D eigenvalue weighted by Crippen LogP contribution is -2.70. The Morgan fingerprint density at radius 1 is 1.40 bits per heavy atom. The SMILES string of the molecule is CC1(C)NC(=O)C(C(C)(C)C)N(Cc2cncs2)C1=O. The van der Waals surface area contributed by atoms with Crippen molar-refractivity contribution in [3.63, 3.8) is 0 Å². The van der Waals surface area contributed by atoms with Gasteiger partial charge in [-0.1, -0.05) is 20.8 Å². The lowest BCUT2D eigenvalue weighted by molar-refractivity contribution is -0.158. The highest BCUT2D eigenvalue weighted by atomic mass is 32.1. The molecule has 2 heterocycles. The van der Waals surface area contributed by atoms with Gasteiger partial charge in [0.1, 0.15) is 11.6 Å². The second-order valence-electron chi connectivity index (χ2n) is 6.78. The van der Waals surface area contributed by atoms with E-state index in [9.17, 15) is 9.59 Å². The van der Waals surface area contributed by atoms with E-state index in [0.29, 0.717) is 6.54 Å². The summed E-state index contributed by atoms with van der Waals surface area (Å²) in [6, 6.07) is -0.467. The molecule has 1 aliphatic heterocycles. The number of nitrogens with one attached hydrogen (secondary N) is 1. The normalized spacial score (nSPS) is 22.9. The summed E-state index contributed by atoms with van der Waals surface area (Å²) in [7, 11) is 0. The minimum Gasteiger partial charge on any atom is -0.340 e. The Bertz CT molecular complexity index is 517. The predicted molar refractivity (Wildman–Crippen MR) is 78.1 cm³/mol. The lowest BCUT2D eigenvalue weighted by atomic mass is 9.81. The number of hydrogen-bond donors (Lipinski definition) is 1. The van der Waals surface area contributed by atoms with Crippen LogP contribution in [-0.4, -0.2) is 33.3 Å². The Kier molecular flexibility index (Phi) is 3.62. The van der Waals surface area contributed by atoms with Gasteiger partial charge in [0.2, 0.25) is 11.8 Å². The van der Waals surface area contributed by atoms with Crippen molar-refractivity contribution in [2.75, 3.05) is 0 Å². The van der Waals surface area contributed by atoms with Gasteiger partial charge in [-0.15, -0.1) is 11.3 Å². The predicted octanol–water partition coefficient (Wildman–Crippen LogP) is 1.79. The molecule has 1 fully saturated rings. The van der Waals surface area contributed by atoms with E-state index in [2.05, 4.69) is 10.3 Å². The van der Waals surface area contributed by atoms with Gasteiger partial charge in [0.25, 0.3) is 0 Å². The minimum absolute atomic E-state index is 0.0505. The standard InChI is InChI=1S/C14H21N3O2S/c1-13(2,3)10-11(18)16-14(4,5)12(19)17(10)7-9-6-15-8-20-9/h6,8,10H,7H2,1-5H3,(H,16,18). The number of hydrogen-bond acceptors (Lipinski definition) is 4. The van der Waals surface area contributed by atoms with Crippen LogP contribution in [0.2, 0.25) is 0 Å². The highest BCUT2D eigenvalue weighted by Crippen LogP contribution is 2.31. The molecule has 1 unspecified atom stereocenters. The zero-order valence-electron chi connectivity index (χ0n) is 12.6. The third-order valence-corrected chi connectivity index (χ3v) is 4.19. The third-order valence-electron chi connectivity index (χ3n) is 3.42. The van der Waals surface area contributed by atoms with Crippen molar-refractivity contribution in [2.45, 2.75) is 52.7 Å². The van der Waals surface area contributed by atoms with Crippen LogP contribution in [0.1, 0.15) is 39.5 Å². The number of nitrogens with zero attached hydrogens (tertiary/aromatic N) is 2. The summed E-state index contributed by atoms with van der Waals surface area (Å²) in [6.45, 7) is 9.84. The molecule has 0 radical (unpaired) electrons. The molecular formula is C14H21N3O2S. The first-order valence-corrected chi connectivity index (χ1v) is 7.51. The van der Waals surface area contributed by atoms with Crippen LogP contribution in [0, 0.1) is 5.41 Å². The van der Waals surface area contributed by atoms with Crippen LogP contribution in [0.5, 0.6) is 0 Å². The van der Waals surface area contributed by atoms with Crippen molar-refractivity contribution in [1.29, 1.82) is 0 Å². The number of amides is 2. The van der Waals surface area contributed by atoms with Crippen molar-refractivity contribution in [2.24, 2.45) is 5.41 Å². The highest BCUT2D eigenvalue weighted by Gasteiger charge is 2.49. The van der Waals surface area contributed by atoms with Crippen LogP contribution in [0.15, 0.2) is 11.7 Å². The zero-order chi connectivity index (χ0) is 15.1. The van der Waals surface area contributed by atoms with Crippen LogP contribution in [0.25, 0.3) is 0 Å². The summed E-state index contributed by atoms with van der Waals surface area (Å²) in [5.74, 6) is -0.142. The molecule has 0 spiro atoms. The van der Waals surface area contributed by atoms with Crippen LogP contribution in [0.3, 0.4) is 0 Å². The van der Waals surface area contributed by atoms with Gasteiger partial charge in [-0.25, -0.2) is 0 Å². The van der Waals surface area contributed by atoms with Gasteiger partial charge in [-0.2, -0.15) is 0 Å². The molecule has 5 nitrogen and oxygen atoms in total. The maximum Gasteiger partial charge on any atom is 0.248 e. The molecule has 0 aliphatic carbocycles. The van der Waals surface area contributed by atoms with Crippen LogP contribution < -0.4 is 5.32 Å². The van der Waals surface area contributed by atoms with Crippen LogP contribution >= 0.6 is 11.3 Å². The van der Waals surface area contributed by atoms with Crippen molar-refractivity contribution in [3.8, 4) is 0 Å². The van der Waals surface area contributed by atoms with E-state index in [0.717, 1.165) is 4.88 Å². The van der Waals surface area contributed by atoms with E-state index in [1.165, 1.54) is 11.3 Å². The second kappa shape index (κ2) is 4.84. The molecule has 1 aliphatic rings. The lowest BCUT2D eigenvalue weighted by Gasteiger charge is -2.47. The molecule has 1 N–H and O–H groups in total. The van der Waals surface area contributed by atoms with Gasteiger partial charge in [-0.3, -0.25) is 14.6 Å². The van der Waals surface area contributed by atoms with Crippen molar-refractivity contribution >= 4 is 23.2 Å². The van der Waals surface area contributed by atoms with E-state index in [-0.39, 0.29) is 17.2 Å². The van der Waals surface area contributed by atoms with E-state index in [4.69, 9.17) is 0 Å². The number of rotatable bonds is 2. The fraction of sp³-hybridized carbons (Fsp3) is 0.643. The van der Waals surface area contributed by atoms with Crippen LogP contribution in [0.4, 0.5) is 0 Å². The average Bonchev–Trinajstić information content (AvgIpc) is 2.75. The first-order chi connectivity index (χ1) is 9.13. The third kappa shape index (κ3) is 2.70. The first-order valence-electron chi connectivity index (χ1n) is 6.63. The molecule has 1 atom stereocenters. The monoisotopic (exact) mass is 295 g/mol. The molecule has 0 bridgehead atoms. The molecule has 1 saturated heterocycles. The number of aromatic nitrogens is 1. The Morgan fingerprint density at radius 2 is 2.05 bits per heavy atom. The van der Waals surface area contributed by atoms with Gasteiger partial charge >= 0.3 is 0 Å². The smallest absolute Gasteiger partial charge is 0.248 e. The van der Waals surface area contributed by atoms with E-state index < -0.39 is 11.6 Å². The van der Waals surface area contributed by atoms with Crippen molar-refractivity contribution < 1.29 is 9.59 Å². The summed E-state index contributed by atoms with van der Waals surface area (Å²) in [6.07, 6.45) is 1.75. The van der Waals surface area contributed by atoms with Gasteiger partial charge in [-0.05, 0) is 19.3 Å². The number of carbonyl (C=O) groups is 2. The molecule has 6 heteroatoms. The first kappa shape index (κ1) is 15.0. The fourth-order valence-electron chi connectivity index (χ4n) is 2.56. The summed E-state index contributed by atoms with van der Waals surface area (Å²) < 4.78 is 0. The topological polar surface area (TPSA) is 62.3 Å². The molecular weight excluding hydrogens is 274 g/mol. The van der Waals surface area contributed by atoms with Crippen molar-refractivity contribution in [1.82, 2.24) is 15.2 Å². The fourth-order valence-corrected chi connectivity index (χ4v) is 3.15. The Hall–Kier alpha value is -1.43. The Balaban J connectivity index is 2.38. The summed E-state index contributed by atoms with van der Waals surface area (Å²) in [5, 5.41) is 2.83. The molecule has 2 rings (SSSR count). The van der Waals surface area contributed by atoms with E-state index in [1.54, 1.807) is 30.5 Å². The minimum atomic E-state index is -0.858. The molecule has 1 aromatic heterocycles. The van der Waals surface area contributed by atoms with Crippen LogP contribution in [-0.2, 0) is 16.1 Å². The summed E-state index contributed by atoms with van der Waals surface area (Å²) in [5.41, 5.74) is 0.561. The second-order valence-corrected chi connectivity index (χ2v) is 7.75. The molecule has 2 amide bonds. The highest BCUT2D eigenvalue weighted by molar-refractivity contribution is 7.09. The Morgan fingerprint density at radius 3 is 2.55 bits per heavy atom. The number of thiazole rings is 1. The zero-order valence-corrected chi connectivity index (χ0v) is 13.4. The van der Waals surface area contributed by atoms with Gasteiger partial charge < -0.3 is 10.2 Å². The number of piperazine rings is 1. The molecule has 0 saturated carbocycles. The summed E-state index contributed by atoms with van der Waals surface area (Å²) >= 11 is 1.50.